The third-order valence-electron chi connectivity index (χ3n) is 4.81. The highest BCUT2D eigenvalue weighted by Gasteiger charge is 2.38. The zero-order chi connectivity index (χ0) is 22.4. The summed E-state index contributed by atoms with van der Waals surface area (Å²) in [6.07, 6.45) is 1.18. The molecule has 12 heteroatoms. The lowest BCUT2D eigenvalue weighted by molar-refractivity contribution is -0.192. The topological polar surface area (TPSA) is 109 Å². The highest BCUT2D eigenvalue weighted by atomic mass is 19.4. The monoisotopic (exact) mass is 442 g/mol. The van der Waals surface area contributed by atoms with E-state index in [1.165, 1.54) is 0 Å². The van der Waals surface area contributed by atoms with Crippen LogP contribution in [0.2, 0.25) is 0 Å². The van der Waals surface area contributed by atoms with Crippen LogP contribution in [0.15, 0.2) is 29.0 Å². The molecular formula is C19H21F3N4O5. The average molecular weight is 442 g/mol. The Morgan fingerprint density at radius 1 is 1.19 bits per heavy atom. The minimum Gasteiger partial charge on any atom is -0.486 e. The van der Waals surface area contributed by atoms with Crippen molar-refractivity contribution in [2.45, 2.75) is 38.6 Å². The minimum absolute atomic E-state index is 0.124. The smallest absolute Gasteiger partial charge is 0.486 e. The summed E-state index contributed by atoms with van der Waals surface area (Å²) in [7, 11) is 0. The van der Waals surface area contributed by atoms with E-state index in [0.29, 0.717) is 31.9 Å². The number of likely N-dealkylation sites (tertiary alicyclic amines) is 1. The van der Waals surface area contributed by atoms with Crippen molar-refractivity contribution in [1.82, 2.24) is 19.9 Å². The van der Waals surface area contributed by atoms with E-state index in [4.69, 9.17) is 19.2 Å². The number of hydrogen-bond acceptors (Lipinski definition) is 6. The van der Waals surface area contributed by atoms with Crippen molar-refractivity contribution in [3.8, 4) is 5.75 Å². The van der Waals surface area contributed by atoms with E-state index in [2.05, 4.69) is 10.1 Å². The molecule has 0 aliphatic carbocycles. The summed E-state index contributed by atoms with van der Waals surface area (Å²) in [6, 6.07) is 3.80. The summed E-state index contributed by atoms with van der Waals surface area (Å²) < 4.78 is 42.9. The number of carboxylic acids is 1. The first-order chi connectivity index (χ1) is 14.8. The van der Waals surface area contributed by atoms with Crippen molar-refractivity contribution < 1.29 is 37.1 Å². The number of pyridine rings is 1. The molecule has 0 unspecified atom stereocenters. The van der Waals surface area contributed by atoms with E-state index < -0.39 is 12.1 Å². The predicted molar refractivity (Wildman–Crippen MR) is 99.1 cm³/mol. The lowest BCUT2D eigenvalue weighted by atomic mass is 10.1. The van der Waals surface area contributed by atoms with Crippen LogP contribution in [0, 0.1) is 0 Å². The van der Waals surface area contributed by atoms with Crippen LogP contribution < -0.4 is 4.74 Å². The number of aromatic nitrogens is 2. The molecule has 0 atom stereocenters. The van der Waals surface area contributed by atoms with Crippen molar-refractivity contribution >= 4 is 12.0 Å². The molecule has 0 aromatic carbocycles. The highest BCUT2D eigenvalue weighted by Crippen LogP contribution is 2.25. The first-order valence-corrected chi connectivity index (χ1v) is 9.59. The maximum atomic E-state index is 12.6. The number of carboxylic acid groups (broad SMARTS) is 1. The molecule has 1 saturated heterocycles. The van der Waals surface area contributed by atoms with Crippen molar-refractivity contribution in [2.24, 2.45) is 0 Å². The fourth-order valence-electron chi connectivity index (χ4n) is 3.23. The number of carbonyl (C=O) groups excluding carboxylic acids is 1. The fraction of sp³-hybridized carbons (Fsp3) is 0.474. The van der Waals surface area contributed by atoms with Gasteiger partial charge in [0.25, 0.3) is 0 Å². The Labute approximate surface area is 175 Å². The number of rotatable bonds is 3. The van der Waals surface area contributed by atoms with Crippen LogP contribution in [-0.2, 0) is 24.4 Å². The Balaban J connectivity index is 0.000000339. The van der Waals surface area contributed by atoms with Gasteiger partial charge in [0.05, 0.1) is 12.7 Å². The highest BCUT2D eigenvalue weighted by molar-refractivity contribution is 5.75. The van der Waals surface area contributed by atoms with Gasteiger partial charge < -0.3 is 24.2 Å². The number of alkyl halides is 3. The third-order valence-corrected chi connectivity index (χ3v) is 4.81. The molecular weight excluding hydrogens is 421 g/mol. The Bertz CT molecular complexity index is 898. The third kappa shape index (κ3) is 5.86. The van der Waals surface area contributed by atoms with Crippen LogP contribution in [0.1, 0.15) is 29.9 Å². The van der Waals surface area contributed by atoms with Crippen LogP contribution in [0.4, 0.5) is 18.0 Å². The van der Waals surface area contributed by atoms with Gasteiger partial charge in [-0.1, -0.05) is 5.16 Å². The number of aliphatic carboxylic acids is 1. The molecule has 168 valence electrons. The summed E-state index contributed by atoms with van der Waals surface area (Å²) in [6.45, 7) is 3.27. The molecule has 2 aliphatic rings. The number of hydrogen-bond donors (Lipinski definition) is 1. The molecule has 1 fully saturated rings. The summed E-state index contributed by atoms with van der Waals surface area (Å²) in [5, 5.41) is 11.3. The van der Waals surface area contributed by atoms with Crippen LogP contribution in [-0.4, -0.2) is 62.9 Å². The van der Waals surface area contributed by atoms with Gasteiger partial charge in [-0.15, -0.1) is 0 Å². The molecule has 2 aromatic rings. The maximum Gasteiger partial charge on any atom is 0.490 e. The number of amides is 2. The molecule has 4 heterocycles. The molecule has 2 aliphatic heterocycles. The van der Waals surface area contributed by atoms with E-state index in [0.717, 1.165) is 42.9 Å². The molecule has 0 saturated carbocycles. The van der Waals surface area contributed by atoms with Crippen LogP contribution in [0.3, 0.4) is 0 Å². The van der Waals surface area contributed by atoms with E-state index in [-0.39, 0.29) is 6.03 Å². The molecule has 9 nitrogen and oxygen atoms in total. The molecule has 31 heavy (non-hydrogen) atoms. The predicted octanol–water partition coefficient (Wildman–Crippen LogP) is 2.86. The quantitative estimate of drug-likeness (QED) is 0.779. The van der Waals surface area contributed by atoms with E-state index in [1.54, 1.807) is 12.4 Å². The number of fused-ring (bicyclic) bond motifs is 1. The summed E-state index contributed by atoms with van der Waals surface area (Å²) in [5.41, 5.74) is 1.74. The molecule has 1 N–H and O–H groups in total. The van der Waals surface area contributed by atoms with Gasteiger partial charge in [-0.05, 0) is 25.0 Å². The van der Waals surface area contributed by atoms with Gasteiger partial charge in [0.1, 0.15) is 23.8 Å². The second kappa shape index (κ2) is 9.67. The molecule has 2 amide bonds. The standard InChI is InChI=1S/C17H20N4O3.C2HF3O2/c22-17(20-7-1-2-8-20)21-9-5-16-14(11-21)15(19-24-16)12-23-13-4-3-6-18-10-13;3-2(4,5)1(6)7/h3-4,6,10H,1-2,5,7-9,11-12H2;(H,6,7). The number of carbonyl (C=O) groups is 2. The fourth-order valence-corrected chi connectivity index (χ4v) is 3.23. The first-order valence-electron chi connectivity index (χ1n) is 9.59. The zero-order valence-electron chi connectivity index (χ0n) is 16.5. The largest absolute Gasteiger partial charge is 0.490 e. The van der Waals surface area contributed by atoms with Gasteiger partial charge in [0, 0.05) is 37.8 Å². The number of halogens is 3. The molecule has 4 rings (SSSR count). The summed E-state index contributed by atoms with van der Waals surface area (Å²) in [5.74, 6) is -1.20. The van der Waals surface area contributed by atoms with Gasteiger partial charge in [0.15, 0.2) is 0 Å². The molecule has 2 aromatic heterocycles. The maximum absolute atomic E-state index is 12.6. The second-order valence-corrected chi connectivity index (χ2v) is 6.96. The second-order valence-electron chi connectivity index (χ2n) is 6.96. The Morgan fingerprint density at radius 2 is 1.90 bits per heavy atom. The van der Waals surface area contributed by atoms with Crippen LogP contribution >= 0.6 is 0 Å². The Morgan fingerprint density at radius 3 is 2.52 bits per heavy atom. The SMILES string of the molecule is O=C(N1CCCC1)N1CCc2onc(COc3cccnc3)c2C1.O=C(O)C(F)(F)F. The van der Waals surface area contributed by atoms with Gasteiger partial charge in [-0.2, -0.15) is 13.2 Å². The number of urea groups is 1. The number of nitrogens with zero attached hydrogens (tertiary/aromatic N) is 4. The van der Waals surface area contributed by atoms with Crippen molar-refractivity contribution in [1.29, 1.82) is 0 Å². The van der Waals surface area contributed by atoms with Gasteiger partial charge in [-0.3, -0.25) is 4.98 Å². The lowest BCUT2D eigenvalue weighted by Gasteiger charge is -2.30. The molecule has 0 radical (unpaired) electrons. The van der Waals surface area contributed by atoms with E-state index in [9.17, 15) is 18.0 Å². The van der Waals surface area contributed by atoms with Crippen molar-refractivity contribution in [3.63, 3.8) is 0 Å². The average Bonchev–Trinajstić information content (AvgIpc) is 3.42. The summed E-state index contributed by atoms with van der Waals surface area (Å²) in [4.78, 5) is 29.3. The Hall–Kier alpha value is -3.31. The van der Waals surface area contributed by atoms with E-state index >= 15 is 0 Å². The van der Waals surface area contributed by atoms with Crippen LogP contribution in [0.5, 0.6) is 5.75 Å². The minimum atomic E-state index is -5.08. The van der Waals surface area contributed by atoms with E-state index in [1.807, 2.05) is 21.9 Å². The van der Waals surface area contributed by atoms with Crippen molar-refractivity contribution in [2.75, 3.05) is 19.6 Å². The van der Waals surface area contributed by atoms with Crippen LogP contribution in [0.25, 0.3) is 0 Å². The summed E-state index contributed by atoms with van der Waals surface area (Å²) >= 11 is 0. The number of ether oxygens (including phenoxy) is 1. The van der Waals surface area contributed by atoms with Crippen molar-refractivity contribution in [3.05, 3.63) is 41.5 Å². The van der Waals surface area contributed by atoms with Gasteiger partial charge in [-0.25, -0.2) is 9.59 Å². The molecule has 0 bridgehead atoms. The van der Waals surface area contributed by atoms with Gasteiger partial charge >= 0.3 is 18.2 Å². The normalized spacial score (nSPS) is 15.7. The first kappa shape index (κ1) is 22.4. The van der Waals surface area contributed by atoms with Gasteiger partial charge in [0.2, 0.25) is 0 Å². The Kier molecular flexibility index (Phi) is 6.98. The molecule has 0 spiro atoms. The zero-order valence-corrected chi connectivity index (χ0v) is 16.5. The lowest BCUT2D eigenvalue weighted by Crippen LogP contribution is -2.44.